The molecule has 0 aromatic heterocycles. The number of fused-ring (bicyclic) bond motifs is 1. The Morgan fingerprint density at radius 2 is 2.03 bits per heavy atom. The number of piperidine rings is 1. The topological polar surface area (TPSA) is 52.9 Å². The lowest BCUT2D eigenvalue weighted by Crippen LogP contribution is -2.32. The summed E-state index contributed by atoms with van der Waals surface area (Å²) in [7, 11) is 0. The molecule has 1 heterocycles. The molecule has 1 aliphatic heterocycles. The smallest absolute Gasteiger partial charge is 0.0761 e. The third kappa shape index (κ3) is 6.54. The molecular formula is C28H41NO3. The maximum Gasteiger partial charge on any atom is 0.0761 e. The molecule has 1 saturated heterocycles. The van der Waals surface area contributed by atoms with Crippen LogP contribution >= 0.6 is 0 Å². The van der Waals surface area contributed by atoms with Crippen molar-refractivity contribution in [2.75, 3.05) is 32.8 Å². The summed E-state index contributed by atoms with van der Waals surface area (Å²) in [6, 6.07) is 8.30. The van der Waals surface area contributed by atoms with E-state index in [2.05, 4.69) is 42.2 Å². The zero-order valence-corrected chi connectivity index (χ0v) is 19.7. The second-order valence-corrected chi connectivity index (χ2v) is 10.1. The van der Waals surface area contributed by atoms with Gasteiger partial charge in [-0.15, -0.1) is 0 Å². The molecule has 2 N–H and O–H groups in total. The average Bonchev–Trinajstić information content (AvgIpc) is 3.29. The summed E-state index contributed by atoms with van der Waals surface area (Å²) >= 11 is 0. The van der Waals surface area contributed by atoms with E-state index in [0.29, 0.717) is 18.3 Å². The lowest BCUT2D eigenvalue weighted by Gasteiger charge is -2.26. The molecule has 2 aliphatic carbocycles. The van der Waals surface area contributed by atoms with Crippen LogP contribution in [-0.4, -0.2) is 60.2 Å². The molecule has 5 atom stereocenters. The third-order valence-electron chi connectivity index (χ3n) is 7.60. The fourth-order valence-corrected chi connectivity index (χ4v) is 5.88. The molecule has 0 radical (unpaired) electrons. The number of aliphatic hydroxyl groups is 2. The first-order chi connectivity index (χ1) is 15.6. The van der Waals surface area contributed by atoms with Crippen molar-refractivity contribution in [2.24, 2.45) is 17.8 Å². The van der Waals surface area contributed by atoms with Crippen molar-refractivity contribution in [3.8, 4) is 0 Å². The Kier molecular flexibility index (Phi) is 8.59. The Morgan fingerprint density at radius 1 is 1.19 bits per heavy atom. The van der Waals surface area contributed by atoms with E-state index < -0.39 is 6.10 Å². The summed E-state index contributed by atoms with van der Waals surface area (Å²) in [4.78, 5) is 2.52. The Balaban J connectivity index is 1.19. The molecule has 4 heteroatoms. The van der Waals surface area contributed by atoms with Crippen LogP contribution in [0.1, 0.15) is 49.7 Å². The van der Waals surface area contributed by atoms with Gasteiger partial charge in [-0.3, -0.25) is 0 Å². The van der Waals surface area contributed by atoms with Crippen LogP contribution in [0.2, 0.25) is 0 Å². The van der Waals surface area contributed by atoms with Gasteiger partial charge < -0.3 is 19.8 Å². The number of likely N-dealkylation sites (tertiary alicyclic amines) is 1. The molecule has 1 aromatic carbocycles. The highest BCUT2D eigenvalue weighted by molar-refractivity contribution is 5.24. The van der Waals surface area contributed by atoms with Crippen LogP contribution in [0, 0.1) is 24.7 Å². The highest BCUT2D eigenvalue weighted by Gasteiger charge is 2.43. The summed E-state index contributed by atoms with van der Waals surface area (Å²) in [5, 5.41) is 21.1. The predicted molar refractivity (Wildman–Crippen MR) is 130 cm³/mol. The number of ether oxygens (including phenoxy) is 1. The van der Waals surface area contributed by atoms with E-state index in [-0.39, 0.29) is 12.0 Å². The van der Waals surface area contributed by atoms with Gasteiger partial charge in [0.15, 0.2) is 0 Å². The third-order valence-corrected chi connectivity index (χ3v) is 7.60. The molecule has 2 fully saturated rings. The normalized spacial score (nSPS) is 29.4. The van der Waals surface area contributed by atoms with Crippen molar-refractivity contribution in [1.82, 2.24) is 4.90 Å². The van der Waals surface area contributed by atoms with Crippen LogP contribution in [0.4, 0.5) is 0 Å². The second kappa shape index (κ2) is 11.6. The molecule has 0 amide bonds. The SMILES string of the molecule is Cc1cccc(C[C@H](O)/C=C/[C@@H]2[C@H]3CC(CCOCCN4CCCCC4)=C[C@H]3C[C@H]2O)c1. The standard InChI is InChI=1S/C28H41NO3/c1-21-6-5-7-22(16-21)18-25(30)8-9-26-27-19-23(17-24(27)20-28(26)31)10-14-32-15-13-29-11-3-2-4-12-29/h5-9,16-17,24-28,30-31H,2-4,10-15,18-20H2,1H3/b9-8+/t24-,25+,26+,27-,28+/m0/s1. The maximum absolute atomic E-state index is 10.6. The van der Waals surface area contributed by atoms with Gasteiger partial charge in [-0.05, 0) is 69.5 Å². The van der Waals surface area contributed by atoms with Crippen molar-refractivity contribution in [3.63, 3.8) is 0 Å². The second-order valence-electron chi connectivity index (χ2n) is 10.1. The minimum absolute atomic E-state index is 0.140. The van der Waals surface area contributed by atoms with E-state index in [4.69, 9.17) is 4.74 Å². The summed E-state index contributed by atoms with van der Waals surface area (Å²) in [5.41, 5.74) is 3.86. The number of allylic oxidation sites excluding steroid dienone is 1. The van der Waals surface area contributed by atoms with Crippen molar-refractivity contribution in [1.29, 1.82) is 0 Å². The van der Waals surface area contributed by atoms with Crippen molar-refractivity contribution in [3.05, 3.63) is 59.2 Å². The molecule has 0 unspecified atom stereocenters. The number of aliphatic hydroxyl groups excluding tert-OH is 2. The van der Waals surface area contributed by atoms with Gasteiger partial charge >= 0.3 is 0 Å². The van der Waals surface area contributed by atoms with Crippen LogP contribution < -0.4 is 0 Å². The first-order valence-corrected chi connectivity index (χ1v) is 12.7. The molecule has 0 bridgehead atoms. The monoisotopic (exact) mass is 439 g/mol. The first kappa shape index (κ1) is 23.7. The van der Waals surface area contributed by atoms with E-state index in [9.17, 15) is 10.2 Å². The van der Waals surface area contributed by atoms with Gasteiger partial charge in [0.2, 0.25) is 0 Å². The minimum Gasteiger partial charge on any atom is -0.392 e. The number of aryl methyl sites for hydroxylation is 1. The quantitative estimate of drug-likeness (QED) is 0.422. The number of nitrogens with zero attached hydrogens (tertiary/aromatic N) is 1. The van der Waals surface area contributed by atoms with E-state index >= 15 is 0 Å². The summed E-state index contributed by atoms with van der Waals surface area (Å²) in [6.45, 7) is 7.24. The summed E-state index contributed by atoms with van der Waals surface area (Å²) in [5.74, 6) is 1.08. The van der Waals surface area contributed by atoms with E-state index in [1.807, 2.05) is 12.1 Å². The highest BCUT2D eigenvalue weighted by Crippen LogP contribution is 2.47. The molecule has 0 spiro atoms. The lowest BCUT2D eigenvalue weighted by molar-refractivity contribution is 0.0978. The van der Waals surface area contributed by atoms with Crippen LogP contribution in [0.25, 0.3) is 0 Å². The number of hydrogen-bond acceptors (Lipinski definition) is 4. The maximum atomic E-state index is 10.6. The lowest BCUT2D eigenvalue weighted by atomic mass is 9.88. The fourth-order valence-electron chi connectivity index (χ4n) is 5.88. The van der Waals surface area contributed by atoms with Gasteiger partial charge in [0.1, 0.15) is 0 Å². The molecule has 176 valence electrons. The Labute approximate surface area is 194 Å². The van der Waals surface area contributed by atoms with Gasteiger partial charge in [0.05, 0.1) is 25.4 Å². The Bertz CT molecular complexity index is 783. The Morgan fingerprint density at radius 3 is 2.84 bits per heavy atom. The average molecular weight is 440 g/mol. The molecule has 1 aromatic rings. The minimum atomic E-state index is -0.509. The van der Waals surface area contributed by atoms with Gasteiger partial charge in [0, 0.05) is 18.9 Å². The zero-order chi connectivity index (χ0) is 22.3. The van der Waals surface area contributed by atoms with Crippen molar-refractivity contribution >= 4 is 0 Å². The number of hydrogen-bond donors (Lipinski definition) is 2. The van der Waals surface area contributed by atoms with Crippen LogP contribution in [0.15, 0.2) is 48.1 Å². The van der Waals surface area contributed by atoms with E-state index in [0.717, 1.165) is 44.6 Å². The van der Waals surface area contributed by atoms with E-state index in [1.54, 1.807) is 0 Å². The molecule has 32 heavy (non-hydrogen) atoms. The van der Waals surface area contributed by atoms with Gasteiger partial charge in [-0.25, -0.2) is 0 Å². The summed E-state index contributed by atoms with van der Waals surface area (Å²) < 4.78 is 5.93. The molecular weight excluding hydrogens is 398 g/mol. The van der Waals surface area contributed by atoms with Gasteiger partial charge in [-0.1, -0.05) is 60.1 Å². The number of benzene rings is 1. The Hall–Kier alpha value is -1.46. The van der Waals surface area contributed by atoms with Gasteiger partial charge in [0.25, 0.3) is 0 Å². The van der Waals surface area contributed by atoms with Gasteiger partial charge in [-0.2, -0.15) is 0 Å². The van der Waals surface area contributed by atoms with Crippen LogP contribution in [0.3, 0.4) is 0 Å². The molecule has 3 aliphatic rings. The highest BCUT2D eigenvalue weighted by atomic mass is 16.5. The largest absolute Gasteiger partial charge is 0.392 e. The molecule has 4 nitrogen and oxygen atoms in total. The molecule has 1 saturated carbocycles. The summed E-state index contributed by atoms with van der Waals surface area (Å²) in [6.07, 6.45) is 13.2. The first-order valence-electron chi connectivity index (χ1n) is 12.7. The fraction of sp³-hybridized carbons (Fsp3) is 0.643. The van der Waals surface area contributed by atoms with Crippen LogP contribution in [0.5, 0.6) is 0 Å². The van der Waals surface area contributed by atoms with Crippen LogP contribution in [-0.2, 0) is 11.2 Å². The number of rotatable bonds is 10. The van der Waals surface area contributed by atoms with Crippen molar-refractivity contribution in [2.45, 2.75) is 64.1 Å². The van der Waals surface area contributed by atoms with Crippen molar-refractivity contribution < 1.29 is 14.9 Å². The molecule has 4 rings (SSSR count). The predicted octanol–water partition coefficient (Wildman–Crippen LogP) is 4.29. The zero-order valence-electron chi connectivity index (χ0n) is 19.7. The van der Waals surface area contributed by atoms with E-state index in [1.165, 1.54) is 43.5 Å².